The van der Waals surface area contributed by atoms with Gasteiger partial charge in [0.2, 0.25) is 0 Å². The second-order valence-corrected chi connectivity index (χ2v) is 8.24. The molecule has 0 bridgehead atoms. The molecule has 1 aliphatic carbocycles. The lowest BCUT2D eigenvalue weighted by Gasteiger charge is -2.48. The van der Waals surface area contributed by atoms with Crippen LogP contribution < -0.4 is 5.32 Å². The van der Waals surface area contributed by atoms with Gasteiger partial charge in [-0.15, -0.1) is 0 Å². The molecule has 124 valence electrons. The van der Waals surface area contributed by atoms with E-state index in [-0.39, 0.29) is 0 Å². The van der Waals surface area contributed by atoms with Crippen molar-refractivity contribution in [3.05, 3.63) is 0 Å². The predicted octanol–water partition coefficient (Wildman–Crippen LogP) is 2.82. The zero-order chi connectivity index (χ0) is 15.5. The van der Waals surface area contributed by atoms with Crippen molar-refractivity contribution in [1.82, 2.24) is 15.1 Å². The lowest BCUT2D eigenvalue weighted by Crippen LogP contribution is -2.58. The number of nitrogens with zero attached hydrogens (tertiary/aromatic N) is 2. The van der Waals surface area contributed by atoms with Crippen LogP contribution in [0.25, 0.3) is 0 Å². The first-order chi connectivity index (χ1) is 9.94. The van der Waals surface area contributed by atoms with E-state index in [4.69, 9.17) is 0 Å². The third-order valence-electron chi connectivity index (χ3n) is 5.76. The number of hydrogen-bond donors (Lipinski definition) is 1. The Morgan fingerprint density at radius 3 is 2.67 bits per heavy atom. The summed E-state index contributed by atoms with van der Waals surface area (Å²) < 4.78 is 0. The van der Waals surface area contributed by atoms with Crippen LogP contribution in [0.2, 0.25) is 0 Å². The Hall–Kier alpha value is -0.120. The molecule has 21 heavy (non-hydrogen) atoms. The Labute approximate surface area is 132 Å². The first-order valence-electron chi connectivity index (χ1n) is 9.06. The van der Waals surface area contributed by atoms with Crippen LogP contribution in [-0.4, -0.2) is 62.2 Å². The lowest BCUT2D eigenvalue weighted by atomic mass is 9.70. The molecule has 0 aromatic carbocycles. The molecule has 3 unspecified atom stereocenters. The normalized spacial score (nSPS) is 33.7. The zero-order valence-corrected chi connectivity index (χ0v) is 15.0. The van der Waals surface area contributed by atoms with E-state index < -0.39 is 0 Å². The van der Waals surface area contributed by atoms with E-state index in [0.717, 1.165) is 12.5 Å². The van der Waals surface area contributed by atoms with Crippen molar-refractivity contribution in [2.75, 3.05) is 40.3 Å². The van der Waals surface area contributed by atoms with Gasteiger partial charge in [0.1, 0.15) is 0 Å². The summed E-state index contributed by atoms with van der Waals surface area (Å²) in [7, 11) is 4.63. The van der Waals surface area contributed by atoms with E-state index in [2.05, 4.69) is 50.0 Å². The minimum absolute atomic E-state index is 0.429. The average molecular weight is 296 g/mol. The van der Waals surface area contributed by atoms with Crippen molar-refractivity contribution >= 4 is 0 Å². The molecule has 1 saturated heterocycles. The van der Waals surface area contributed by atoms with Crippen molar-refractivity contribution in [2.24, 2.45) is 11.3 Å². The van der Waals surface area contributed by atoms with Crippen molar-refractivity contribution in [3.8, 4) is 0 Å². The smallest absolute Gasteiger partial charge is 0.0274 e. The van der Waals surface area contributed by atoms with Gasteiger partial charge in [0.15, 0.2) is 0 Å². The molecule has 2 rings (SSSR count). The van der Waals surface area contributed by atoms with Crippen LogP contribution >= 0.6 is 0 Å². The van der Waals surface area contributed by atoms with E-state index in [0.29, 0.717) is 17.5 Å². The van der Waals surface area contributed by atoms with Gasteiger partial charge in [-0.25, -0.2) is 0 Å². The summed E-state index contributed by atoms with van der Waals surface area (Å²) in [5, 5.41) is 3.87. The van der Waals surface area contributed by atoms with Crippen LogP contribution in [0.4, 0.5) is 0 Å². The molecule has 1 aliphatic heterocycles. The molecular formula is C18H37N3. The van der Waals surface area contributed by atoms with E-state index in [1.165, 1.54) is 51.7 Å². The molecule has 3 heteroatoms. The van der Waals surface area contributed by atoms with Crippen LogP contribution in [0.3, 0.4) is 0 Å². The summed E-state index contributed by atoms with van der Waals surface area (Å²) >= 11 is 0. The fourth-order valence-electron chi connectivity index (χ4n) is 4.51. The molecule has 0 amide bonds. The van der Waals surface area contributed by atoms with Gasteiger partial charge in [-0.3, -0.25) is 0 Å². The van der Waals surface area contributed by atoms with Crippen molar-refractivity contribution in [1.29, 1.82) is 0 Å². The summed E-state index contributed by atoms with van der Waals surface area (Å²) in [4.78, 5) is 5.16. The maximum absolute atomic E-state index is 3.87. The fourth-order valence-corrected chi connectivity index (χ4v) is 4.51. The van der Waals surface area contributed by atoms with Crippen LogP contribution in [0, 0.1) is 11.3 Å². The molecule has 0 radical (unpaired) electrons. The Morgan fingerprint density at radius 1 is 1.29 bits per heavy atom. The lowest BCUT2D eigenvalue weighted by molar-refractivity contribution is 0.0553. The van der Waals surface area contributed by atoms with Gasteiger partial charge in [0, 0.05) is 25.2 Å². The van der Waals surface area contributed by atoms with Crippen molar-refractivity contribution < 1.29 is 0 Å². The highest BCUT2D eigenvalue weighted by Gasteiger charge is 2.40. The summed E-state index contributed by atoms with van der Waals surface area (Å²) in [6.07, 6.45) is 6.73. The molecule has 0 spiro atoms. The highest BCUT2D eigenvalue weighted by Crippen LogP contribution is 2.38. The number of hydrogen-bond acceptors (Lipinski definition) is 3. The maximum Gasteiger partial charge on any atom is 0.0274 e. The second-order valence-electron chi connectivity index (χ2n) is 8.24. The standard InChI is InChI=1S/C18H37N3/c1-6-11-19-17-16(8-7-10-18(17,2)3)21(5)14-15-9-12-20(4)13-15/h15-17,19H,6-14H2,1-5H3. The molecule has 1 N–H and O–H groups in total. The Kier molecular flexibility index (Phi) is 6.10. The maximum atomic E-state index is 3.87. The summed E-state index contributed by atoms with van der Waals surface area (Å²) in [5.41, 5.74) is 0.429. The van der Waals surface area contributed by atoms with E-state index in [1.807, 2.05) is 0 Å². The number of rotatable bonds is 6. The minimum Gasteiger partial charge on any atom is -0.312 e. The number of likely N-dealkylation sites (N-methyl/N-ethyl adjacent to an activating group) is 1. The van der Waals surface area contributed by atoms with Gasteiger partial charge in [0.25, 0.3) is 0 Å². The van der Waals surface area contributed by atoms with Crippen LogP contribution in [0.1, 0.15) is 52.9 Å². The molecule has 0 aromatic rings. The van der Waals surface area contributed by atoms with Gasteiger partial charge >= 0.3 is 0 Å². The molecule has 2 aliphatic rings. The average Bonchev–Trinajstić information content (AvgIpc) is 2.81. The monoisotopic (exact) mass is 295 g/mol. The Balaban J connectivity index is 1.96. The van der Waals surface area contributed by atoms with Gasteiger partial charge in [0.05, 0.1) is 0 Å². The third-order valence-corrected chi connectivity index (χ3v) is 5.76. The fraction of sp³-hybridized carbons (Fsp3) is 1.00. The predicted molar refractivity (Wildman–Crippen MR) is 91.7 cm³/mol. The van der Waals surface area contributed by atoms with Crippen LogP contribution in [0.15, 0.2) is 0 Å². The number of nitrogens with one attached hydrogen (secondary N) is 1. The van der Waals surface area contributed by atoms with E-state index in [9.17, 15) is 0 Å². The van der Waals surface area contributed by atoms with Gasteiger partial charge in [-0.05, 0) is 64.2 Å². The number of likely N-dealkylation sites (tertiary alicyclic amines) is 1. The Bertz CT molecular complexity index is 316. The molecule has 3 nitrogen and oxygen atoms in total. The largest absolute Gasteiger partial charge is 0.312 e. The second kappa shape index (κ2) is 7.43. The van der Waals surface area contributed by atoms with Crippen LogP contribution in [-0.2, 0) is 0 Å². The molecule has 2 fully saturated rings. The van der Waals surface area contributed by atoms with Gasteiger partial charge < -0.3 is 15.1 Å². The van der Waals surface area contributed by atoms with Crippen molar-refractivity contribution in [2.45, 2.75) is 65.0 Å². The third kappa shape index (κ3) is 4.43. The molecule has 0 aromatic heterocycles. The quantitative estimate of drug-likeness (QED) is 0.813. The molecule has 3 atom stereocenters. The zero-order valence-electron chi connectivity index (χ0n) is 15.0. The summed E-state index contributed by atoms with van der Waals surface area (Å²) in [5.74, 6) is 0.872. The van der Waals surface area contributed by atoms with Crippen LogP contribution in [0.5, 0.6) is 0 Å². The van der Waals surface area contributed by atoms with Gasteiger partial charge in [-0.1, -0.05) is 27.2 Å². The Morgan fingerprint density at radius 2 is 2.05 bits per heavy atom. The summed E-state index contributed by atoms with van der Waals surface area (Å²) in [6, 6.07) is 1.36. The highest BCUT2D eigenvalue weighted by molar-refractivity contribution is 4.98. The van der Waals surface area contributed by atoms with E-state index >= 15 is 0 Å². The van der Waals surface area contributed by atoms with E-state index in [1.54, 1.807) is 0 Å². The first-order valence-corrected chi connectivity index (χ1v) is 9.06. The molecule has 1 saturated carbocycles. The topological polar surface area (TPSA) is 18.5 Å². The molecule has 1 heterocycles. The highest BCUT2D eigenvalue weighted by atomic mass is 15.2. The minimum atomic E-state index is 0.429. The van der Waals surface area contributed by atoms with Gasteiger partial charge in [-0.2, -0.15) is 0 Å². The van der Waals surface area contributed by atoms with Crippen molar-refractivity contribution in [3.63, 3.8) is 0 Å². The summed E-state index contributed by atoms with van der Waals surface area (Å²) in [6.45, 7) is 12.2. The SMILES string of the molecule is CCCNC1C(N(C)CC2CCN(C)C2)CCCC1(C)C. The molecular weight excluding hydrogens is 258 g/mol. The first kappa shape index (κ1) is 17.2.